The van der Waals surface area contributed by atoms with Crippen LogP contribution in [0, 0.1) is 0 Å². The highest BCUT2D eigenvalue weighted by Gasteiger charge is 2.26. The molecule has 0 spiro atoms. The van der Waals surface area contributed by atoms with E-state index in [2.05, 4.69) is 86.8 Å². The fraction of sp³-hybridized carbons (Fsp3) is 0.770. The third-order valence-electron chi connectivity index (χ3n) is 12.6. The van der Waals surface area contributed by atoms with Crippen molar-refractivity contribution < 1.29 is 37.6 Å². The van der Waals surface area contributed by atoms with Crippen molar-refractivity contribution in [3.63, 3.8) is 0 Å². The summed E-state index contributed by atoms with van der Waals surface area (Å²) in [6, 6.07) is 0. The summed E-state index contributed by atoms with van der Waals surface area (Å²) in [5.41, 5.74) is 5.37. The molecule has 412 valence electrons. The highest BCUT2D eigenvalue weighted by molar-refractivity contribution is 7.47. The first-order chi connectivity index (χ1) is 34.8. The predicted molar refractivity (Wildman–Crippen MR) is 302 cm³/mol. The third kappa shape index (κ3) is 56.6. The fourth-order valence-corrected chi connectivity index (χ4v) is 9.01. The molecular weight excluding hydrogens is 906 g/mol. The molecule has 0 radical (unpaired) electrons. The van der Waals surface area contributed by atoms with Crippen LogP contribution in [-0.4, -0.2) is 49.3 Å². The van der Waals surface area contributed by atoms with E-state index in [4.69, 9.17) is 24.3 Å². The lowest BCUT2D eigenvalue weighted by Crippen LogP contribution is -2.29. The Bertz CT molecular complexity index is 1390. The minimum absolute atomic E-state index is 0.0472. The van der Waals surface area contributed by atoms with E-state index >= 15 is 0 Å². The second-order valence-electron chi connectivity index (χ2n) is 19.5. The average molecular weight is 1020 g/mol. The summed E-state index contributed by atoms with van der Waals surface area (Å²) in [4.78, 5) is 35.1. The van der Waals surface area contributed by atoms with Crippen molar-refractivity contribution in [2.75, 3.05) is 26.4 Å². The van der Waals surface area contributed by atoms with Crippen molar-refractivity contribution >= 4 is 19.8 Å². The fourth-order valence-electron chi connectivity index (χ4n) is 8.25. The molecule has 2 atom stereocenters. The van der Waals surface area contributed by atoms with Gasteiger partial charge in [0.05, 0.1) is 13.2 Å². The summed E-state index contributed by atoms with van der Waals surface area (Å²) in [5.74, 6) is -0.850. The van der Waals surface area contributed by atoms with Gasteiger partial charge in [-0.1, -0.05) is 247 Å². The molecule has 0 aromatic rings. The molecule has 0 bridgehead atoms. The van der Waals surface area contributed by atoms with Gasteiger partial charge >= 0.3 is 19.8 Å². The number of carbonyl (C=O) groups is 2. The van der Waals surface area contributed by atoms with Gasteiger partial charge in [0.2, 0.25) is 0 Å². The van der Waals surface area contributed by atoms with Crippen LogP contribution < -0.4 is 5.73 Å². The predicted octanol–water partition coefficient (Wildman–Crippen LogP) is 18.5. The molecule has 0 rings (SSSR count). The van der Waals surface area contributed by atoms with Crippen LogP contribution in [0.4, 0.5) is 0 Å². The number of esters is 2. The SMILES string of the molecule is CC/C=C\C/C=C\C/C=C\C/C=C\CCCCCCC(=O)OC(COC(=O)CCCCCCCCCCCCCCCCCCCCCCC/C=C\C/C=C\CCCCCCC)COP(=O)(O)OCCN. The molecular formula is C61H110NO8P. The van der Waals surface area contributed by atoms with Crippen LogP contribution in [0.2, 0.25) is 0 Å². The second kappa shape index (κ2) is 56.7. The van der Waals surface area contributed by atoms with E-state index in [9.17, 15) is 19.0 Å². The maximum absolute atomic E-state index is 12.7. The number of allylic oxidation sites excluding steroid dienone is 12. The number of carbonyl (C=O) groups excluding carboxylic acids is 2. The molecule has 3 N–H and O–H groups in total. The van der Waals surface area contributed by atoms with E-state index in [1.807, 2.05) is 0 Å². The van der Waals surface area contributed by atoms with E-state index in [1.54, 1.807) is 0 Å². The summed E-state index contributed by atoms with van der Waals surface area (Å²) in [6.45, 7) is 3.61. The summed E-state index contributed by atoms with van der Waals surface area (Å²) < 4.78 is 33.0. The Kier molecular flexibility index (Phi) is 54.7. The number of hydrogen-bond donors (Lipinski definition) is 2. The quantitative estimate of drug-likeness (QED) is 0.0264. The van der Waals surface area contributed by atoms with Gasteiger partial charge in [0.15, 0.2) is 6.10 Å². The highest BCUT2D eigenvalue weighted by Crippen LogP contribution is 2.43. The summed E-state index contributed by atoms with van der Waals surface area (Å²) in [7, 11) is -4.39. The van der Waals surface area contributed by atoms with Gasteiger partial charge in [0.1, 0.15) is 6.61 Å². The summed E-state index contributed by atoms with van der Waals surface area (Å²) >= 11 is 0. The molecule has 0 aliphatic rings. The Labute approximate surface area is 437 Å². The van der Waals surface area contributed by atoms with Crippen LogP contribution in [0.3, 0.4) is 0 Å². The topological polar surface area (TPSA) is 134 Å². The largest absolute Gasteiger partial charge is 0.472 e. The van der Waals surface area contributed by atoms with Crippen LogP contribution in [0.25, 0.3) is 0 Å². The minimum Gasteiger partial charge on any atom is -0.462 e. The van der Waals surface area contributed by atoms with E-state index in [0.29, 0.717) is 6.42 Å². The van der Waals surface area contributed by atoms with E-state index < -0.39 is 26.5 Å². The van der Waals surface area contributed by atoms with Gasteiger partial charge in [-0.2, -0.15) is 0 Å². The molecule has 0 aromatic carbocycles. The molecule has 0 saturated heterocycles. The minimum atomic E-state index is -4.39. The molecule has 0 amide bonds. The number of rotatable bonds is 55. The first-order valence-corrected chi connectivity index (χ1v) is 30.9. The molecule has 0 aliphatic heterocycles. The van der Waals surface area contributed by atoms with Crippen molar-refractivity contribution in [3.8, 4) is 0 Å². The monoisotopic (exact) mass is 1020 g/mol. The third-order valence-corrected chi connectivity index (χ3v) is 13.6. The first kappa shape index (κ1) is 68.5. The van der Waals surface area contributed by atoms with Crippen molar-refractivity contribution in [2.24, 2.45) is 5.73 Å². The molecule has 0 aliphatic carbocycles. The standard InChI is InChI=1S/C61H110NO8P/c1-3-5-7-9-11-13-15-17-19-21-22-23-24-25-26-27-28-29-30-31-32-33-34-35-36-38-39-41-43-45-47-49-51-53-60(63)67-57-59(58-69-71(65,66)68-56-55-62)70-61(64)54-52-50-48-46-44-42-40-37-20-18-16-14-12-10-8-6-4-2/h6,8,12,14-15,17-18,20-22,40,42,59H,3-5,7,9-11,13,16,19,23-39,41,43-58,62H2,1-2H3,(H,65,66)/b8-6-,14-12-,17-15-,20-18-,22-21-,42-40-. The summed E-state index contributed by atoms with van der Waals surface area (Å²) in [5, 5.41) is 0. The number of ether oxygens (including phenoxy) is 2. The van der Waals surface area contributed by atoms with Gasteiger partial charge in [-0.15, -0.1) is 0 Å². The Morgan fingerprint density at radius 2 is 0.775 bits per heavy atom. The number of unbranched alkanes of at least 4 members (excludes halogenated alkanes) is 30. The molecule has 2 unspecified atom stereocenters. The molecule has 0 saturated carbocycles. The van der Waals surface area contributed by atoms with Crippen molar-refractivity contribution in [2.45, 2.75) is 277 Å². The average Bonchev–Trinajstić information content (AvgIpc) is 3.36. The zero-order valence-corrected chi connectivity index (χ0v) is 46.8. The van der Waals surface area contributed by atoms with Crippen LogP contribution in [-0.2, 0) is 32.7 Å². The van der Waals surface area contributed by atoms with E-state index in [-0.39, 0.29) is 38.6 Å². The van der Waals surface area contributed by atoms with Crippen molar-refractivity contribution in [1.29, 1.82) is 0 Å². The van der Waals surface area contributed by atoms with E-state index in [0.717, 1.165) is 77.0 Å². The Balaban J connectivity index is 3.88. The molecule has 0 aromatic heterocycles. The Morgan fingerprint density at radius 3 is 1.15 bits per heavy atom. The second-order valence-corrected chi connectivity index (χ2v) is 20.9. The zero-order chi connectivity index (χ0) is 51.7. The van der Waals surface area contributed by atoms with Gasteiger partial charge in [-0.3, -0.25) is 18.6 Å². The zero-order valence-electron chi connectivity index (χ0n) is 45.9. The maximum atomic E-state index is 12.7. The van der Waals surface area contributed by atoms with E-state index in [1.165, 1.54) is 161 Å². The lowest BCUT2D eigenvalue weighted by Gasteiger charge is -2.19. The number of phosphoric ester groups is 1. The smallest absolute Gasteiger partial charge is 0.462 e. The molecule has 0 heterocycles. The van der Waals surface area contributed by atoms with Gasteiger partial charge in [0, 0.05) is 19.4 Å². The normalized spacial score (nSPS) is 13.6. The van der Waals surface area contributed by atoms with Crippen molar-refractivity contribution in [3.05, 3.63) is 72.9 Å². The lowest BCUT2D eigenvalue weighted by molar-refractivity contribution is -0.161. The Morgan fingerprint density at radius 1 is 0.437 bits per heavy atom. The van der Waals surface area contributed by atoms with Gasteiger partial charge in [-0.05, 0) is 83.5 Å². The highest BCUT2D eigenvalue weighted by atomic mass is 31.2. The van der Waals surface area contributed by atoms with Crippen molar-refractivity contribution in [1.82, 2.24) is 0 Å². The summed E-state index contributed by atoms with van der Waals surface area (Å²) in [6.07, 6.45) is 72.6. The van der Waals surface area contributed by atoms with Crippen LogP contribution in [0.5, 0.6) is 0 Å². The number of hydrogen-bond acceptors (Lipinski definition) is 8. The first-order valence-electron chi connectivity index (χ1n) is 29.4. The van der Waals surface area contributed by atoms with Gasteiger partial charge in [0.25, 0.3) is 0 Å². The van der Waals surface area contributed by atoms with Crippen LogP contribution in [0.1, 0.15) is 271 Å². The number of nitrogens with two attached hydrogens (primary N) is 1. The van der Waals surface area contributed by atoms with Crippen LogP contribution in [0.15, 0.2) is 72.9 Å². The maximum Gasteiger partial charge on any atom is 0.472 e. The Hall–Kier alpha value is -2.55. The molecule has 10 heteroatoms. The van der Waals surface area contributed by atoms with Gasteiger partial charge < -0.3 is 20.1 Å². The van der Waals surface area contributed by atoms with Gasteiger partial charge in [-0.25, -0.2) is 4.57 Å². The molecule has 0 fully saturated rings. The lowest BCUT2D eigenvalue weighted by atomic mass is 10.0. The molecule has 71 heavy (non-hydrogen) atoms. The molecule has 9 nitrogen and oxygen atoms in total. The van der Waals surface area contributed by atoms with Crippen LogP contribution >= 0.6 is 7.82 Å². The number of phosphoric acid groups is 1.